The molecular formula is C19H27NO4. The molecule has 0 spiro atoms. The van der Waals surface area contributed by atoms with Gasteiger partial charge < -0.3 is 19.3 Å². The van der Waals surface area contributed by atoms with Gasteiger partial charge in [0, 0.05) is 32.0 Å². The van der Waals surface area contributed by atoms with Crippen molar-refractivity contribution in [2.75, 3.05) is 20.7 Å². The van der Waals surface area contributed by atoms with E-state index in [0.717, 1.165) is 13.0 Å². The number of ether oxygens (including phenoxy) is 3. The minimum Gasteiger partial charge on any atom is -0.390 e. The molecule has 5 nitrogen and oxygen atoms in total. The smallest absolute Gasteiger partial charge is 0.166 e. The molecule has 1 aromatic rings. The average molecular weight is 333 g/mol. The predicted octanol–water partition coefficient (Wildman–Crippen LogP) is 1.85. The molecule has 0 radical (unpaired) electrons. The lowest BCUT2D eigenvalue weighted by atomic mass is 9.73. The molecule has 4 bridgehead atoms. The second-order valence-electron chi connectivity index (χ2n) is 7.64. The zero-order valence-electron chi connectivity index (χ0n) is 14.6. The number of fused-ring (bicyclic) bond motifs is 1. The van der Waals surface area contributed by atoms with Crippen LogP contribution < -0.4 is 0 Å². The van der Waals surface area contributed by atoms with E-state index < -0.39 is 11.7 Å². The quantitative estimate of drug-likeness (QED) is 0.891. The van der Waals surface area contributed by atoms with Crippen molar-refractivity contribution in [1.82, 2.24) is 4.90 Å². The lowest BCUT2D eigenvalue weighted by molar-refractivity contribution is -0.410. The molecule has 6 unspecified atom stereocenters. The number of hydrogen-bond donors (Lipinski definition) is 1. The Bertz CT molecular complexity index is 582. The molecule has 3 aliphatic heterocycles. The van der Waals surface area contributed by atoms with Crippen molar-refractivity contribution in [2.45, 2.75) is 44.2 Å². The molecule has 4 aliphatic rings. The van der Waals surface area contributed by atoms with Crippen molar-refractivity contribution >= 4 is 0 Å². The monoisotopic (exact) mass is 333 g/mol. The molecule has 3 heterocycles. The molecule has 4 fully saturated rings. The topological polar surface area (TPSA) is 51.2 Å². The van der Waals surface area contributed by atoms with Crippen LogP contribution in [-0.4, -0.2) is 55.0 Å². The molecule has 1 N–H and O–H groups in total. The lowest BCUT2D eigenvalue weighted by Gasteiger charge is -2.56. The summed E-state index contributed by atoms with van der Waals surface area (Å²) >= 11 is 0. The highest BCUT2D eigenvalue weighted by molar-refractivity contribution is 5.16. The minimum atomic E-state index is -0.593. The summed E-state index contributed by atoms with van der Waals surface area (Å²) in [6.07, 6.45) is -0.274. The van der Waals surface area contributed by atoms with E-state index in [1.165, 1.54) is 5.56 Å². The van der Waals surface area contributed by atoms with Crippen LogP contribution in [0.15, 0.2) is 30.3 Å². The van der Waals surface area contributed by atoms with Gasteiger partial charge in [0.2, 0.25) is 0 Å². The van der Waals surface area contributed by atoms with Crippen molar-refractivity contribution < 1.29 is 19.3 Å². The fraction of sp³-hybridized carbons (Fsp3) is 0.684. The Balaban J connectivity index is 1.56. The lowest BCUT2D eigenvalue weighted by Crippen LogP contribution is -2.67. The maximum atomic E-state index is 10.9. The van der Waals surface area contributed by atoms with Gasteiger partial charge in [0.15, 0.2) is 12.6 Å². The third-order valence-electron chi connectivity index (χ3n) is 6.13. The van der Waals surface area contributed by atoms with E-state index in [2.05, 4.69) is 43.1 Å². The summed E-state index contributed by atoms with van der Waals surface area (Å²) in [6, 6.07) is 10.4. The highest BCUT2D eigenvalue weighted by Gasteiger charge is 2.69. The number of nitrogens with zero attached hydrogens (tertiary/aromatic N) is 1. The Hall–Kier alpha value is -0.980. The van der Waals surface area contributed by atoms with Gasteiger partial charge in [-0.05, 0) is 24.9 Å². The first-order valence-electron chi connectivity index (χ1n) is 8.82. The Morgan fingerprint density at radius 3 is 2.79 bits per heavy atom. The standard InChI is InChI=1S/C19H27NO4/c1-12-14-9-15(21)19(16(14)18(22-3)23-17(12)24-19)11-20(2)10-13-7-5-4-6-8-13/h4-8,12,14-18,21H,9-11H2,1-3H3/t12?,14?,15-,16?,17?,18?,19?/m1/s1. The van der Waals surface area contributed by atoms with Gasteiger partial charge in [-0.1, -0.05) is 37.3 Å². The summed E-state index contributed by atoms with van der Waals surface area (Å²) in [4.78, 5) is 2.24. The SMILES string of the molecule is COC1OC2OC3(CN(C)Cc4ccccc4)C1C(C[C@H]3O)C2C. The van der Waals surface area contributed by atoms with E-state index in [1.807, 2.05) is 6.07 Å². The van der Waals surface area contributed by atoms with Gasteiger partial charge in [-0.3, -0.25) is 4.90 Å². The number of aliphatic hydroxyl groups excluding tert-OH is 1. The van der Waals surface area contributed by atoms with Crippen molar-refractivity contribution in [3.05, 3.63) is 35.9 Å². The first-order chi connectivity index (χ1) is 11.5. The van der Waals surface area contributed by atoms with E-state index in [4.69, 9.17) is 14.2 Å². The molecule has 1 aliphatic carbocycles. The van der Waals surface area contributed by atoms with Gasteiger partial charge >= 0.3 is 0 Å². The molecule has 3 saturated heterocycles. The van der Waals surface area contributed by atoms with Crippen LogP contribution in [0, 0.1) is 17.8 Å². The second-order valence-corrected chi connectivity index (χ2v) is 7.64. The van der Waals surface area contributed by atoms with Crippen LogP contribution in [0.3, 0.4) is 0 Å². The molecule has 1 aromatic carbocycles. The van der Waals surface area contributed by atoms with Crippen LogP contribution in [0.2, 0.25) is 0 Å². The van der Waals surface area contributed by atoms with E-state index in [9.17, 15) is 5.11 Å². The summed E-state index contributed by atoms with van der Waals surface area (Å²) in [5.41, 5.74) is 0.666. The first kappa shape index (κ1) is 16.5. The first-order valence-corrected chi connectivity index (χ1v) is 8.82. The minimum absolute atomic E-state index is 0.0794. The second kappa shape index (κ2) is 6.07. The Kier molecular flexibility index (Phi) is 4.17. The molecule has 24 heavy (non-hydrogen) atoms. The zero-order valence-corrected chi connectivity index (χ0v) is 14.6. The van der Waals surface area contributed by atoms with Gasteiger partial charge in [-0.25, -0.2) is 0 Å². The number of likely N-dealkylation sites (N-methyl/N-ethyl adjacent to an activating group) is 1. The molecule has 1 saturated carbocycles. The molecule has 0 aromatic heterocycles. The number of aliphatic hydroxyl groups is 1. The van der Waals surface area contributed by atoms with Crippen LogP contribution >= 0.6 is 0 Å². The number of rotatable bonds is 5. The number of benzene rings is 1. The molecule has 0 amide bonds. The molecule has 7 atom stereocenters. The molecule has 5 rings (SSSR count). The van der Waals surface area contributed by atoms with Gasteiger partial charge in [0.05, 0.1) is 6.10 Å². The Morgan fingerprint density at radius 1 is 1.33 bits per heavy atom. The summed E-state index contributed by atoms with van der Waals surface area (Å²) in [5, 5.41) is 10.9. The van der Waals surface area contributed by atoms with Gasteiger partial charge in [0.1, 0.15) is 5.60 Å². The van der Waals surface area contributed by atoms with Crippen LogP contribution in [-0.2, 0) is 20.8 Å². The molecular weight excluding hydrogens is 306 g/mol. The Labute approximate surface area is 143 Å². The van der Waals surface area contributed by atoms with E-state index in [-0.39, 0.29) is 18.5 Å². The van der Waals surface area contributed by atoms with E-state index in [1.54, 1.807) is 7.11 Å². The molecule has 5 heteroatoms. The van der Waals surface area contributed by atoms with Crippen molar-refractivity contribution in [2.24, 2.45) is 17.8 Å². The molecule has 132 valence electrons. The zero-order chi connectivity index (χ0) is 16.9. The maximum Gasteiger partial charge on any atom is 0.166 e. The largest absolute Gasteiger partial charge is 0.390 e. The van der Waals surface area contributed by atoms with Crippen molar-refractivity contribution in [3.8, 4) is 0 Å². The normalized spacial score (nSPS) is 43.5. The van der Waals surface area contributed by atoms with Gasteiger partial charge in [-0.2, -0.15) is 0 Å². The number of hydrogen-bond acceptors (Lipinski definition) is 5. The summed E-state index contributed by atoms with van der Waals surface area (Å²) in [5.74, 6) is 0.768. The fourth-order valence-corrected chi connectivity index (χ4v) is 5.04. The highest BCUT2D eigenvalue weighted by atomic mass is 16.8. The highest BCUT2D eigenvalue weighted by Crippen LogP contribution is 2.58. The van der Waals surface area contributed by atoms with E-state index in [0.29, 0.717) is 18.4 Å². The van der Waals surface area contributed by atoms with Crippen molar-refractivity contribution in [1.29, 1.82) is 0 Å². The van der Waals surface area contributed by atoms with Crippen LogP contribution in [0.25, 0.3) is 0 Å². The van der Waals surface area contributed by atoms with Gasteiger partial charge in [0.25, 0.3) is 0 Å². The van der Waals surface area contributed by atoms with Crippen LogP contribution in [0.4, 0.5) is 0 Å². The maximum absolute atomic E-state index is 10.9. The predicted molar refractivity (Wildman–Crippen MR) is 89.0 cm³/mol. The third kappa shape index (κ3) is 2.42. The van der Waals surface area contributed by atoms with Crippen molar-refractivity contribution in [3.63, 3.8) is 0 Å². The summed E-state index contributed by atoms with van der Waals surface area (Å²) in [7, 11) is 3.77. The number of methoxy groups -OCH3 is 1. The van der Waals surface area contributed by atoms with Crippen LogP contribution in [0.1, 0.15) is 18.9 Å². The van der Waals surface area contributed by atoms with Gasteiger partial charge in [-0.15, -0.1) is 0 Å². The summed E-state index contributed by atoms with van der Waals surface area (Å²) in [6.45, 7) is 3.66. The average Bonchev–Trinajstić information content (AvgIpc) is 2.82. The van der Waals surface area contributed by atoms with Crippen LogP contribution in [0.5, 0.6) is 0 Å². The third-order valence-corrected chi connectivity index (χ3v) is 6.13. The van der Waals surface area contributed by atoms with E-state index >= 15 is 0 Å². The Morgan fingerprint density at radius 2 is 2.08 bits per heavy atom. The fourth-order valence-electron chi connectivity index (χ4n) is 5.04. The summed E-state index contributed by atoms with van der Waals surface area (Å²) < 4.78 is 17.9.